The number of carbonyl (C=O) groups excluding carboxylic acids is 3. The zero-order valence-electron chi connectivity index (χ0n) is 30.3. The second kappa shape index (κ2) is 15.3. The number of aromatic nitrogens is 2. The maximum absolute atomic E-state index is 14.3. The summed E-state index contributed by atoms with van der Waals surface area (Å²) < 4.78 is 12.1. The van der Waals surface area contributed by atoms with Crippen LogP contribution in [0.2, 0.25) is 5.02 Å². The number of nitrogens with zero attached hydrogens (tertiary/aromatic N) is 3. The first-order valence-electron chi connectivity index (χ1n) is 18.4. The lowest BCUT2D eigenvalue weighted by atomic mass is 9.87. The summed E-state index contributed by atoms with van der Waals surface area (Å²) in [6.07, 6.45) is 10.3. The average Bonchev–Trinajstić information content (AvgIpc) is 3.72. The van der Waals surface area contributed by atoms with Crippen LogP contribution in [0.3, 0.4) is 0 Å². The van der Waals surface area contributed by atoms with Crippen LogP contribution < -0.4 is 4.74 Å². The molecule has 1 saturated carbocycles. The molecule has 1 amide bonds. The van der Waals surface area contributed by atoms with Crippen molar-refractivity contribution in [1.29, 1.82) is 0 Å². The van der Waals surface area contributed by atoms with Crippen molar-refractivity contribution in [3.8, 4) is 17.1 Å². The van der Waals surface area contributed by atoms with Gasteiger partial charge in [0.05, 0.1) is 46.5 Å². The highest BCUT2D eigenvalue weighted by Gasteiger charge is 2.62. The van der Waals surface area contributed by atoms with Gasteiger partial charge in [0, 0.05) is 35.9 Å². The number of ketones is 1. The molecule has 3 aliphatic rings. The zero-order chi connectivity index (χ0) is 36.4. The molecule has 2 saturated heterocycles. The van der Waals surface area contributed by atoms with Crippen molar-refractivity contribution in [3.63, 3.8) is 0 Å². The SMILES string of the molecule is C=CCCCCC[C@H]1CC[C@@H]2[C@H](Oc3cc(-c4cccc(C(C)C)n4)nc4c(Cl)c(C)ccc34)C[C@@H](C(=O)C[C@]3(C(=O)OC)C[C@H]3C=C)N2C1=O. The van der Waals surface area contributed by atoms with Gasteiger partial charge in [0.2, 0.25) is 5.91 Å². The lowest BCUT2D eigenvalue weighted by molar-refractivity contribution is -0.151. The van der Waals surface area contributed by atoms with E-state index in [-0.39, 0.29) is 41.9 Å². The Labute approximate surface area is 306 Å². The smallest absolute Gasteiger partial charge is 0.312 e. The summed E-state index contributed by atoms with van der Waals surface area (Å²) in [5, 5.41) is 1.30. The number of aryl methyl sites for hydroxylation is 1. The summed E-state index contributed by atoms with van der Waals surface area (Å²) in [7, 11) is 1.35. The maximum Gasteiger partial charge on any atom is 0.312 e. The Morgan fingerprint density at radius 1 is 1.10 bits per heavy atom. The molecule has 1 aliphatic carbocycles. The molecule has 4 heterocycles. The number of fused-ring (bicyclic) bond motifs is 2. The van der Waals surface area contributed by atoms with Crippen molar-refractivity contribution in [3.05, 3.63) is 78.0 Å². The lowest BCUT2D eigenvalue weighted by Crippen LogP contribution is -2.52. The Morgan fingerprint density at radius 3 is 2.61 bits per heavy atom. The summed E-state index contributed by atoms with van der Waals surface area (Å²) in [5.74, 6) is 0.0280. The molecule has 2 aliphatic heterocycles. The van der Waals surface area contributed by atoms with E-state index in [2.05, 4.69) is 27.0 Å². The summed E-state index contributed by atoms with van der Waals surface area (Å²) in [4.78, 5) is 53.2. The number of halogens is 1. The van der Waals surface area contributed by atoms with Gasteiger partial charge in [-0.25, -0.2) is 4.98 Å². The van der Waals surface area contributed by atoms with Crippen molar-refractivity contribution in [2.24, 2.45) is 17.3 Å². The Balaban J connectivity index is 1.34. The molecule has 6 atom stereocenters. The molecule has 0 N–H and O–H groups in total. The number of methoxy groups -OCH3 is 1. The van der Waals surface area contributed by atoms with Crippen LogP contribution in [0.5, 0.6) is 5.75 Å². The van der Waals surface area contributed by atoms with E-state index in [9.17, 15) is 14.4 Å². The van der Waals surface area contributed by atoms with Gasteiger partial charge in [0.25, 0.3) is 0 Å². The summed E-state index contributed by atoms with van der Waals surface area (Å²) >= 11 is 6.88. The van der Waals surface area contributed by atoms with E-state index < -0.39 is 23.5 Å². The molecule has 0 spiro atoms. The Kier molecular flexibility index (Phi) is 11.0. The first-order valence-corrected chi connectivity index (χ1v) is 18.8. The van der Waals surface area contributed by atoms with E-state index >= 15 is 0 Å². The molecule has 3 aromatic rings. The molecule has 0 unspecified atom stereocenters. The van der Waals surface area contributed by atoms with E-state index in [4.69, 9.17) is 31.0 Å². The Morgan fingerprint density at radius 2 is 1.90 bits per heavy atom. The topological polar surface area (TPSA) is 98.7 Å². The first-order chi connectivity index (χ1) is 24.5. The monoisotopic (exact) mass is 711 g/mol. The van der Waals surface area contributed by atoms with Crippen LogP contribution in [0, 0.1) is 24.2 Å². The quantitative estimate of drug-likeness (QED) is 0.0882. The van der Waals surface area contributed by atoms with Crippen LogP contribution >= 0.6 is 11.6 Å². The third kappa shape index (κ3) is 7.21. The molecule has 6 rings (SSSR count). The lowest BCUT2D eigenvalue weighted by Gasteiger charge is -2.39. The first kappa shape index (κ1) is 36.7. The minimum atomic E-state index is -0.923. The van der Waals surface area contributed by atoms with Crippen LogP contribution in [-0.4, -0.2) is 57.8 Å². The highest BCUT2D eigenvalue weighted by atomic mass is 35.5. The second-order valence-corrected chi connectivity index (χ2v) is 15.3. The number of rotatable bonds is 15. The van der Waals surface area contributed by atoms with Crippen LogP contribution in [0.25, 0.3) is 22.3 Å². The number of amides is 1. The van der Waals surface area contributed by atoms with Crippen LogP contribution in [0.15, 0.2) is 61.7 Å². The van der Waals surface area contributed by atoms with Gasteiger partial charge in [-0.15, -0.1) is 13.2 Å². The standard InChI is InChI=1S/C42H50ClN3O5/c1-7-9-10-11-12-14-27-18-20-33-37(22-34(46(33)40(27)48)35(47)24-42(41(49)50-6)23-28(42)8-2)51-36-21-32(31-16-13-15-30(44-31)25(3)4)45-39-29(36)19-17-26(5)38(39)43/h7-8,13,15-17,19,21,25,27-28,33-34,37H,1-2,9-12,14,18,20,22-24H2,3-6H3/t27-,28+,33+,34-,37+,42+/m0/s1. The minimum Gasteiger partial charge on any atom is -0.487 e. The largest absolute Gasteiger partial charge is 0.487 e. The van der Waals surface area contributed by atoms with E-state index in [1.807, 2.05) is 54.3 Å². The summed E-state index contributed by atoms with van der Waals surface area (Å²) in [5.41, 5.74) is 2.89. The number of ether oxygens (including phenoxy) is 2. The number of pyridine rings is 2. The second-order valence-electron chi connectivity index (χ2n) is 15.0. The van der Waals surface area contributed by atoms with Crippen LogP contribution in [0.1, 0.15) is 95.2 Å². The van der Waals surface area contributed by atoms with Gasteiger partial charge in [-0.2, -0.15) is 0 Å². The van der Waals surface area contributed by atoms with E-state index in [0.717, 1.165) is 61.6 Å². The number of Topliss-reactive ketones (excluding diaryl/α,β-unsaturated/α-hetero) is 1. The molecule has 51 heavy (non-hydrogen) atoms. The highest BCUT2D eigenvalue weighted by molar-refractivity contribution is 6.36. The molecule has 8 nitrogen and oxygen atoms in total. The zero-order valence-corrected chi connectivity index (χ0v) is 31.1. The molecule has 0 bridgehead atoms. The number of piperidine rings is 1. The van der Waals surface area contributed by atoms with Gasteiger partial charge < -0.3 is 14.4 Å². The van der Waals surface area contributed by atoms with Gasteiger partial charge >= 0.3 is 5.97 Å². The number of hydrogen-bond acceptors (Lipinski definition) is 7. The molecule has 1 aromatic carbocycles. The number of unbranched alkanes of at least 4 members (excludes halogenated alkanes) is 3. The molecule has 3 fully saturated rings. The number of carbonyl (C=O) groups is 3. The van der Waals surface area contributed by atoms with Gasteiger partial charge in [0.1, 0.15) is 11.9 Å². The Bertz CT molecular complexity index is 1840. The fourth-order valence-corrected chi connectivity index (χ4v) is 8.41. The molecular formula is C42H50ClN3O5. The minimum absolute atomic E-state index is 0.00550. The molecule has 0 radical (unpaired) electrons. The molecule has 9 heteroatoms. The molecule has 2 aromatic heterocycles. The fourth-order valence-electron chi connectivity index (χ4n) is 8.21. The van der Waals surface area contributed by atoms with Gasteiger partial charge in [-0.05, 0) is 81.0 Å². The third-order valence-corrected chi connectivity index (χ3v) is 11.8. The van der Waals surface area contributed by atoms with Gasteiger partial charge in [0.15, 0.2) is 5.78 Å². The average molecular weight is 712 g/mol. The summed E-state index contributed by atoms with van der Waals surface area (Å²) in [6.45, 7) is 13.8. The predicted molar refractivity (Wildman–Crippen MR) is 201 cm³/mol. The highest BCUT2D eigenvalue weighted by Crippen LogP contribution is 2.57. The fraction of sp³-hybridized carbons (Fsp3) is 0.500. The predicted octanol–water partition coefficient (Wildman–Crippen LogP) is 8.97. The van der Waals surface area contributed by atoms with E-state index in [0.29, 0.717) is 40.5 Å². The van der Waals surface area contributed by atoms with Crippen molar-refractivity contribution in [2.75, 3.05) is 7.11 Å². The molecule has 270 valence electrons. The summed E-state index contributed by atoms with van der Waals surface area (Å²) in [6, 6.07) is 10.7. The van der Waals surface area contributed by atoms with Gasteiger partial charge in [-0.3, -0.25) is 19.4 Å². The maximum atomic E-state index is 14.3. The number of allylic oxidation sites excluding steroid dienone is 2. The number of benzene rings is 1. The van der Waals surface area contributed by atoms with Gasteiger partial charge in [-0.1, -0.05) is 62.6 Å². The van der Waals surface area contributed by atoms with Crippen molar-refractivity contribution in [2.45, 2.75) is 109 Å². The normalized spacial score (nSPS) is 25.5. The van der Waals surface area contributed by atoms with Crippen molar-refractivity contribution >= 4 is 40.2 Å². The third-order valence-electron chi connectivity index (χ3n) is 11.3. The number of hydrogen-bond donors (Lipinski definition) is 0. The van der Waals surface area contributed by atoms with E-state index in [1.165, 1.54) is 7.11 Å². The van der Waals surface area contributed by atoms with Crippen LogP contribution in [0.4, 0.5) is 0 Å². The van der Waals surface area contributed by atoms with Crippen LogP contribution in [-0.2, 0) is 19.1 Å². The Hall–Kier alpha value is -4.04. The van der Waals surface area contributed by atoms with E-state index in [1.54, 1.807) is 6.08 Å². The number of esters is 1. The van der Waals surface area contributed by atoms with Crippen molar-refractivity contribution < 1.29 is 23.9 Å². The van der Waals surface area contributed by atoms with Crippen molar-refractivity contribution in [1.82, 2.24) is 14.9 Å². The molecular weight excluding hydrogens is 662 g/mol.